The largest absolute Gasteiger partial charge is 0.474 e. The van der Waals surface area contributed by atoms with Gasteiger partial charge in [0.1, 0.15) is 5.75 Å². The standard InChI is InChI=1S/C32H25NO6/c1-3-21(18-37-2)39-31-20(17-34)9-6-12-24(31)28-26-22-10-4-7-19-8-5-11-23(25(19)22)27(26)29(30(28)35)32(36)33-13-15-38-16-14-33/h1,4-12,17,21H,13-16,18H2,2H3. The van der Waals surface area contributed by atoms with Gasteiger partial charge in [0.25, 0.3) is 5.91 Å². The molecule has 0 saturated carbocycles. The number of carbonyl (C=O) groups is 3. The number of terminal acetylenes is 1. The van der Waals surface area contributed by atoms with Gasteiger partial charge in [0.2, 0.25) is 5.78 Å². The van der Waals surface area contributed by atoms with Gasteiger partial charge < -0.3 is 19.1 Å². The summed E-state index contributed by atoms with van der Waals surface area (Å²) >= 11 is 0. The molecule has 3 aromatic carbocycles. The number of methoxy groups -OCH3 is 1. The van der Waals surface area contributed by atoms with Crippen molar-refractivity contribution in [2.24, 2.45) is 0 Å². The van der Waals surface area contributed by atoms with Crippen molar-refractivity contribution in [1.82, 2.24) is 4.90 Å². The van der Waals surface area contributed by atoms with Gasteiger partial charge in [-0.25, -0.2) is 0 Å². The zero-order chi connectivity index (χ0) is 27.1. The van der Waals surface area contributed by atoms with Crippen LogP contribution in [0.1, 0.15) is 27.0 Å². The van der Waals surface area contributed by atoms with Gasteiger partial charge >= 0.3 is 0 Å². The van der Waals surface area contributed by atoms with Gasteiger partial charge in [-0.1, -0.05) is 54.5 Å². The van der Waals surface area contributed by atoms with Crippen molar-refractivity contribution in [3.63, 3.8) is 0 Å². The number of fused-ring (bicyclic) bond motifs is 3. The molecule has 1 fully saturated rings. The van der Waals surface area contributed by atoms with E-state index in [9.17, 15) is 14.4 Å². The van der Waals surface area contributed by atoms with E-state index in [1.807, 2.05) is 36.4 Å². The quantitative estimate of drug-likeness (QED) is 0.268. The average molecular weight is 520 g/mol. The van der Waals surface area contributed by atoms with Gasteiger partial charge in [0.05, 0.1) is 31.0 Å². The van der Waals surface area contributed by atoms with Crippen molar-refractivity contribution in [1.29, 1.82) is 0 Å². The molecular weight excluding hydrogens is 494 g/mol. The number of amides is 1. The normalized spacial score (nSPS) is 16.9. The van der Waals surface area contributed by atoms with Crippen LogP contribution in [-0.4, -0.2) is 69.0 Å². The Labute approximate surface area is 225 Å². The van der Waals surface area contributed by atoms with Crippen LogP contribution in [0.15, 0.2) is 60.2 Å². The number of benzene rings is 3. The highest BCUT2D eigenvalue weighted by molar-refractivity contribution is 6.56. The summed E-state index contributed by atoms with van der Waals surface area (Å²) < 4.78 is 16.8. The number of allylic oxidation sites excluding steroid dienone is 3. The Balaban J connectivity index is 1.61. The van der Waals surface area contributed by atoms with E-state index in [1.54, 1.807) is 23.1 Å². The minimum Gasteiger partial charge on any atom is -0.474 e. The first-order chi connectivity index (χ1) is 19.1. The fourth-order valence-electron chi connectivity index (χ4n) is 5.67. The van der Waals surface area contributed by atoms with Gasteiger partial charge in [0, 0.05) is 42.5 Å². The first-order valence-electron chi connectivity index (χ1n) is 12.7. The maximum Gasteiger partial charge on any atom is 0.258 e. The summed E-state index contributed by atoms with van der Waals surface area (Å²) in [6.45, 7) is 1.73. The maximum absolute atomic E-state index is 14.4. The molecule has 1 heterocycles. The Morgan fingerprint density at radius 1 is 1.03 bits per heavy atom. The van der Waals surface area contributed by atoms with Crippen LogP contribution in [0.3, 0.4) is 0 Å². The van der Waals surface area contributed by atoms with Crippen LogP contribution in [0, 0.1) is 12.3 Å². The lowest BCUT2D eigenvalue weighted by Crippen LogP contribution is -2.42. The third-order valence-corrected chi connectivity index (χ3v) is 7.37. The molecule has 7 heteroatoms. The number of morpholine rings is 1. The number of rotatable bonds is 7. The van der Waals surface area contributed by atoms with E-state index in [-0.39, 0.29) is 29.4 Å². The van der Waals surface area contributed by atoms with E-state index >= 15 is 0 Å². The highest BCUT2D eigenvalue weighted by Crippen LogP contribution is 2.55. The van der Waals surface area contributed by atoms with Crippen LogP contribution in [-0.2, 0) is 19.1 Å². The third kappa shape index (κ3) is 3.88. The molecule has 6 rings (SSSR count). The topological polar surface area (TPSA) is 82.1 Å². The van der Waals surface area contributed by atoms with Crippen LogP contribution >= 0.6 is 0 Å². The zero-order valence-electron chi connectivity index (χ0n) is 21.4. The predicted molar refractivity (Wildman–Crippen MR) is 147 cm³/mol. The number of aldehydes is 1. The fourth-order valence-corrected chi connectivity index (χ4v) is 5.67. The average Bonchev–Trinajstić information content (AvgIpc) is 3.45. The second-order valence-corrected chi connectivity index (χ2v) is 9.51. The van der Waals surface area contributed by atoms with E-state index in [4.69, 9.17) is 20.6 Å². The first-order valence-corrected chi connectivity index (χ1v) is 12.7. The third-order valence-electron chi connectivity index (χ3n) is 7.37. The molecule has 0 bridgehead atoms. The summed E-state index contributed by atoms with van der Waals surface area (Å²) in [5, 5.41) is 1.99. The van der Waals surface area contributed by atoms with Crippen molar-refractivity contribution >= 4 is 45.5 Å². The Kier molecular flexibility index (Phi) is 6.35. The van der Waals surface area contributed by atoms with Crippen LogP contribution in [0.2, 0.25) is 0 Å². The lowest BCUT2D eigenvalue weighted by molar-refractivity contribution is -0.132. The SMILES string of the molecule is C#CC(COC)Oc1c(C=O)cccc1C1=C2C(=C(C(=O)N3CCOCC3)C1=O)c1cccc3cccc2c13. The number of ketones is 1. The van der Waals surface area contributed by atoms with Crippen molar-refractivity contribution in [3.05, 3.63) is 82.4 Å². The number of ether oxygens (including phenoxy) is 3. The van der Waals surface area contributed by atoms with Gasteiger partial charge in [-0.3, -0.25) is 14.4 Å². The summed E-state index contributed by atoms with van der Waals surface area (Å²) in [6, 6.07) is 16.8. The van der Waals surface area contributed by atoms with E-state index in [1.165, 1.54) is 7.11 Å². The van der Waals surface area contributed by atoms with Crippen LogP contribution in [0.5, 0.6) is 5.75 Å². The molecule has 39 heavy (non-hydrogen) atoms. The molecule has 0 radical (unpaired) electrons. The molecule has 0 N–H and O–H groups in total. The van der Waals surface area contributed by atoms with Crippen LogP contribution < -0.4 is 4.74 Å². The molecule has 3 aromatic rings. The molecular formula is C32H25NO6. The minimum absolute atomic E-state index is 0.0952. The molecule has 194 valence electrons. The molecule has 0 spiro atoms. The smallest absolute Gasteiger partial charge is 0.258 e. The summed E-state index contributed by atoms with van der Waals surface area (Å²) in [6.07, 6.45) is 5.56. The Morgan fingerprint density at radius 3 is 2.36 bits per heavy atom. The zero-order valence-corrected chi connectivity index (χ0v) is 21.4. The lowest BCUT2D eigenvalue weighted by Gasteiger charge is -2.27. The monoisotopic (exact) mass is 519 g/mol. The predicted octanol–water partition coefficient (Wildman–Crippen LogP) is 3.80. The summed E-state index contributed by atoms with van der Waals surface area (Å²) in [4.78, 5) is 42.1. The van der Waals surface area contributed by atoms with Gasteiger partial charge in [-0.15, -0.1) is 6.42 Å². The van der Waals surface area contributed by atoms with E-state index in [0.29, 0.717) is 54.9 Å². The first kappa shape index (κ1) is 24.8. The number of Topliss-reactive ketones (excluding diaryl/α,β-unsaturated/α-hetero) is 1. The van der Waals surface area contributed by atoms with E-state index in [0.717, 1.165) is 21.9 Å². The number of para-hydroxylation sites is 1. The lowest BCUT2D eigenvalue weighted by atomic mass is 9.93. The molecule has 3 aliphatic rings. The molecule has 2 aliphatic carbocycles. The van der Waals surface area contributed by atoms with E-state index < -0.39 is 11.9 Å². The van der Waals surface area contributed by atoms with Crippen LogP contribution in [0.4, 0.5) is 0 Å². The highest BCUT2D eigenvalue weighted by Gasteiger charge is 2.44. The minimum atomic E-state index is -0.789. The van der Waals surface area contributed by atoms with Crippen molar-refractivity contribution in [2.45, 2.75) is 6.10 Å². The van der Waals surface area contributed by atoms with Crippen molar-refractivity contribution < 1.29 is 28.6 Å². The number of nitrogens with zero attached hydrogens (tertiary/aromatic N) is 1. The molecule has 7 nitrogen and oxygen atoms in total. The van der Waals surface area contributed by atoms with Gasteiger partial charge in [0.15, 0.2) is 12.4 Å². The van der Waals surface area contributed by atoms with Gasteiger partial charge in [-0.05, 0) is 28.0 Å². The van der Waals surface area contributed by atoms with Crippen molar-refractivity contribution in [2.75, 3.05) is 40.0 Å². The van der Waals surface area contributed by atoms with Gasteiger partial charge in [-0.2, -0.15) is 0 Å². The summed E-state index contributed by atoms with van der Waals surface area (Å²) in [5.74, 6) is 1.99. The highest BCUT2D eigenvalue weighted by atomic mass is 16.5. The molecule has 1 amide bonds. The number of hydrogen-bond donors (Lipinski definition) is 0. The molecule has 1 aliphatic heterocycles. The fraction of sp³-hybridized carbons (Fsp3) is 0.219. The Hall–Kier alpha value is -4.51. The van der Waals surface area contributed by atoms with Crippen molar-refractivity contribution in [3.8, 4) is 18.1 Å². The summed E-state index contributed by atoms with van der Waals surface area (Å²) in [7, 11) is 1.50. The molecule has 1 unspecified atom stereocenters. The number of carbonyl (C=O) groups excluding carboxylic acids is 3. The summed E-state index contributed by atoms with van der Waals surface area (Å²) in [5.41, 5.74) is 4.07. The second-order valence-electron chi connectivity index (χ2n) is 9.51. The molecule has 1 atom stereocenters. The molecule has 1 saturated heterocycles. The van der Waals surface area contributed by atoms with Crippen LogP contribution in [0.25, 0.3) is 27.5 Å². The van der Waals surface area contributed by atoms with E-state index in [2.05, 4.69) is 5.92 Å². The maximum atomic E-state index is 14.4. The molecule has 0 aromatic heterocycles. The Morgan fingerprint density at radius 2 is 1.69 bits per heavy atom. The second kappa shape index (κ2) is 9.99. The number of hydrogen-bond acceptors (Lipinski definition) is 6. The Bertz CT molecular complexity index is 1650.